The molecule has 1 fully saturated rings. The minimum absolute atomic E-state index is 0.0449. The van der Waals surface area contributed by atoms with Gasteiger partial charge < -0.3 is 30.3 Å². The van der Waals surface area contributed by atoms with Crippen molar-refractivity contribution in [3.05, 3.63) is 53.8 Å². The van der Waals surface area contributed by atoms with Gasteiger partial charge in [-0.2, -0.15) is 0 Å². The summed E-state index contributed by atoms with van der Waals surface area (Å²) in [6.45, 7) is 0.222. The van der Waals surface area contributed by atoms with E-state index in [0.717, 1.165) is 0 Å². The van der Waals surface area contributed by atoms with Gasteiger partial charge in [-0.15, -0.1) is 0 Å². The Morgan fingerprint density at radius 2 is 1.94 bits per heavy atom. The molecule has 2 aliphatic rings. The Morgan fingerprint density at radius 1 is 1.15 bits per heavy atom. The lowest BCUT2D eigenvalue weighted by Crippen LogP contribution is -2.53. The zero-order valence-electron chi connectivity index (χ0n) is 19.0. The number of carbonyl (C=O) groups is 3. The third-order valence-electron chi connectivity index (χ3n) is 6.08. The summed E-state index contributed by atoms with van der Waals surface area (Å²) in [4.78, 5) is 39.0. The van der Waals surface area contributed by atoms with Crippen LogP contribution in [0.4, 0.5) is 20.6 Å². The van der Waals surface area contributed by atoms with Crippen molar-refractivity contribution >= 4 is 29.2 Å². The van der Waals surface area contributed by atoms with Crippen LogP contribution in [0.25, 0.3) is 0 Å². The summed E-state index contributed by atoms with van der Waals surface area (Å²) in [5.41, 5.74) is 0.709. The lowest BCUT2D eigenvalue weighted by molar-refractivity contribution is -0.133. The number of urea groups is 1. The molecule has 0 unspecified atom stereocenters. The zero-order chi connectivity index (χ0) is 24.2. The summed E-state index contributed by atoms with van der Waals surface area (Å²) >= 11 is 0. The van der Waals surface area contributed by atoms with Crippen molar-refractivity contribution in [2.45, 2.75) is 37.5 Å². The van der Waals surface area contributed by atoms with Crippen LogP contribution >= 0.6 is 0 Å². The normalized spacial score (nSPS) is 21.8. The molecule has 0 bridgehead atoms. The Morgan fingerprint density at radius 3 is 2.71 bits per heavy atom. The van der Waals surface area contributed by atoms with E-state index < -0.39 is 11.8 Å². The minimum atomic E-state index is -0.638. The lowest BCUT2D eigenvalue weighted by Gasteiger charge is -2.42. The quantitative estimate of drug-likeness (QED) is 0.637. The van der Waals surface area contributed by atoms with Gasteiger partial charge in [0.05, 0.1) is 29.8 Å². The van der Waals surface area contributed by atoms with Gasteiger partial charge in [0.15, 0.2) is 0 Å². The molecule has 0 aliphatic carbocycles. The summed E-state index contributed by atoms with van der Waals surface area (Å²) < 4.78 is 25.8. The van der Waals surface area contributed by atoms with Crippen LogP contribution in [0.2, 0.25) is 0 Å². The van der Waals surface area contributed by atoms with Crippen molar-refractivity contribution < 1.29 is 28.2 Å². The van der Waals surface area contributed by atoms with Crippen LogP contribution in [-0.2, 0) is 9.53 Å². The van der Waals surface area contributed by atoms with E-state index in [0.29, 0.717) is 29.8 Å². The van der Waals surface area contributed by atoms with Gasteiger partial charge >= 0.3 is 6.03 Å². The van der Waals surface area contributed by atoms with E-state index in [9.17, 15) is 18.8 Å². The van der Waals surface area contributed by atoms with Gasteiger partial charge in [-0.3, -0.25) is 9.59 Å². The molecule has 10 heteroatoms. The molecule has 2 heterocycles. The zero-order valence-corrected chi connectivity index (χ0v) is 19.0. The van der Waals surface area contributed by atoms with E-state index in [4.69, 9.17) is 9.47 Å². The van der Waals surface area contributed by atoms with Gasteiger partial charge in [-0.1, -0.05) is 12.1 Å². The highest BCUT2D eigenvalue weighted by atomic mass is 19.1. The summed E-state index contributed by atoms with van der Waals surface area (Å²) in [7, 11) is 3.30. The first-order valence-corrected chi connectivity index (χ1v) is 11.1. The maximum atomic E-state index is 13.8. The summed E-state index contributed by atoms with van der Waals surface area (Å²) in [5.74, 6) is -0.546. The maximum absolute atomic E-state index is 13.8. The van der Waals surface area contributed by atoms with Crippen molar-refractivity contribution in [3.63, 3.8) is 0 Å². The third kappa shape index (κ3) is 5.12. The second kappa shape index (κ2) is 10.1. The monoisotopic (exact) mass is 470 g/mol. The number of likely N-dealkylation sites (N-methyl/N-ethyl adjacent to an activating group) is 1. The Kier molecular flexibility index (Phi) is 6.97. The number of benzene rings is 2. The van der Waals surface area contributed by atoms with E-state index in [1.165, 1.54) is 24.3 Å². The highest BCUT2D eigenvalue weighted by molar-refractivity contribution is 6.02. The third-order valence-corrected chi connectivity index (χ3v) is 6.08. The molecule has 1 saturated heterocycles. The van der Waals surface area contributed by atoms with Crippen molar-refractivity contribution in [2.75, 3.05) is 31.3 Å². The Balaban J connectivity index is 1.48. The van der Waals surface area contributed by atoms with Crippen molar-refractivity contribution in [2.24, 2.45) is 0 Å². The first-order valence-electron chi connectivity index (χ1n) is 11.1. The van der Waals surface area contributed by atoms with Crippen LogP contribution in [0.5, 0.6) is 5.75 Å². The summed E-state index contributed by atoms with van der Waals surface area (Å²) in [6, 6.07) is 9.72. The molecule has 2 aromatic carbocycles. The average Bonchev–Trinajstić information content (AvgIpc) is 2.83. The molecule has 34 heavy (non-hydrogen) atoms. The molecular weight excluding hydrogens is 443 g/mol. The van der Waals surface area contributed by atoms with Gasteiger partial charge in [0.25, 0.3) is 5.91 Å². The predicted octanol–water partition coefficient (Wildman–Crippen LogP) is 2.99. The maximum Gasteiger partial charge on any atom is 0.323 e. The van der Waals surface area contributed by atoms with E-state index in [1.54, 1.807) is 37.2 Å². The van der Waals surface area contributed by atoms with Gasteiger partial charge in [0.1, 0.15) is 24.3 Å². The highest BCUT2D eigenvalue weighted by Gasteiger charge is 2.39. The number of para-hydroxylation sites is 1. The number of fused-ring (bicyclic) bond motifs is 2. The molecule has 0 radical (unpaired) electrons. The molecule has 0 aromatic heterocycles. The molecule has 9 nitrogen and oxygen atoms in total. The number of hydrogen-bond acceptors (Lipinski definition) is 5. The first-order chi connectivity index (χ1) is 16.4. The van der Waals surface area contributed by atoms with Crippen molar-refractivity contribution in [3.8, 4) is 5.75 Å². The molecule has 180 valence electrons. The number of ether oxygens (including phenoxy) is 2. The molecule has 3 N–H and O–H groups in total. The molecule has 4 amide bonds. The molecule has 3 atom stereocenters. The fraction of sp³-hybridized carbons (Fsp3) is 0.375. The van der Waals surface area contributed by atoms with E-state index in [1.807, 2.05) is 0 Å². The number of nitrogens with one attached hydrogen (secondary N) is 3. The average molecular weight is 471 g/mol. The number of carbonyl (C=O) groups excluding carboxylic acids is 3. The van der Waals surface area contributed by atoms with Crippen LogP contribution in [-0.4, -0.2) is 61.7 Å². The topological polar surface area (TPSA) is 109 Å². The van der Waals surface area contributed by atoms with Crippen molar-refractivity contribution in [1.29, 1.82) is 0 Å². The largest absolute Gasteiger partial charge is 0.490 e. The fourth-order valence-corrected chi connectivity index (χ4v) is 4.26. The number of halogens is 1. The number of rotatable bonds is 4. The molecule has 4 rings (SSSR count). The molecule has 0 saturated carbocycles. The number of anilines is 2. The van der Waals surface area contributed by atoms with Crippen LogP contribution < -0.4 is 20.7 Å². The van der Waals surface area contributed by atoms with E-state index >= 15 is 0 Å². The lowest BCUT2D eigenvalue weighted by atomic mass is 9.94. The van der Waals surface area contributed by atoms with Crippen LogP contribution in [0.3, 0.4) is 0 Å². The highest BCUT2D eigenvalue weighted by Crippen LogP contribution is 2.32. The van der Waals surface area contributed by atoms with E-state index in [2.05, 4.69) is 16.0 Å². The SMILES string of the molecule is CNC(=O)C[C@H]1CC[C@H]2[C@@H](COc3ccc(NC(=O)Nc4ccccc4F)cc3C(=O)N2C)O1. The van der Waals surface area contributed by atoms with Crippen LogP contribution in [0.1, 0.15) is 29.6 Å². The molecule has 2 aliphatic heterocycles. The Labute approximate surface area is 196 Å². The summed E-state index contributed by atoms with van der Waals surface area (Å²) in [6.07, 6.45) is 0.993. The standard InChI is InChI=1S/C24H27FN4O5/c1-26-22(30)12-15-8-9-19-21(34-15)13-33-20-10-7-14(11-16(20)23(31)29(19)2)27-24(32)28-18-6-4-3-5-17(18)25/h3-7,10-11,15,19,21H,8-9,12-13H2,1-2H3,(H,26,30)(H2,27,28,32)/t15-,19+,21-/m1/s1. The first kappa shape index (κ1) is 23.5. The van der Waals surface area contributed by atoms with E-state index in [-0.39, 0.29) is 48.8 Å². The fourth-order valence-electron chi connectivity index (χ4n) is 4.26. The summed E-state index contributed by atoms with van der Waals surface area (Å²) in [5, 5.41) is 7.67. The number of nitrogens with zero attached hydrogens (tertiary/aromatic N) is 1. The Hall–Kier alpha value is -3.66. The second-order valence-electron chi connectivity index (χ2n) is 8.32. The van der Waals surface area contributed by atoms with Crippen LogP contribution in [0.15, 0.2) is 42.5 Å². The Bertz CT molecular complexity index is 1090. The molecule has 0 spiro atoms. The number of amides is 4. The molecular formula is C24H27FN4O5. The van der Waals surface area contributed by atoms with Gasteiger partial charge in [-0.25, -0.2) is 9.18 Å². The minimum Gasteiger partial charge on any atom is -0.490 e. The van der Waals surface area contributed by atoms with Crippen molar-refractivity contribution in [1.82, 2.24) is 10.2 Å². The number of hydrogen-bond donors (Lipinski definition) is 3. The predicted molar refractivity (Wildman–Crippen MR) is 123 cm³/mol. The van der Waals surface area contributed by atoms with Gasteiger partial charge in [0, 0.05) is 19.8 Å². The van der Waals surface area contributed by atoms with Gasteiger partial charge in [-0.05, 0) is 43.2 Å². The van der Waals surface area contributed by atoms with Crippen LogP contribution in [0, 0.1) is 5.82 Å². The van der Waals surface area contributed by atoms with Gasteiger partial charge in [0.2, 0.25) is 5.91 Å². The smallest absolute Gasteiger partial charge is 0.323 e. The second-order valence-corrected chi connectivity index (χ2v) is 8.32. The molecule has 2 aromatic rings.